The van der Waals surface area contributed by atoms with E-state index in [1.807, 2.05) is 158 Å². The third-order valence-corrected chi connectivity index (χ3v) is 29.3. The van der Waals surface area contributed by atoms with Crippen LogP contribution in [0.4, 0.5) is 0 Å². The molecule has 27 rings (SSSR count). The summed E-state index contributed by atoms with van der Waals surface area (Å²) in [5.74, 6) is 5.87. The van der Waals surface area contributed by atoms with E-state index >= 15 is 0 Å². The molecule has 9 nitrogen and oxygen atoms in total. The number of rotatable bonds is 16. The van der Waals surface area contributed by atoms with Gasteiger partial charge in [0.1, 0.15) is 0 Å². The highest BCUT2D eigenvalue weighted by atomic mass is 15.1. The molecule has 3 aromatic heterocycles. The standard InChI is InChI=1S/C49H35N3.C46H31N3.C42H31N3/c1-49(2)44-23-12-11-20-41(44)42-25-24-33(30-45(42)49)35-26-36(39-21-13-22-40-38-19-10-9-18-34(38)29-43(39)40)28-37(27-35)48-51-46(31-14-5-3-6-15-31)50-47(52-48)32-16-7-4-8-17-32;1-4-13-31(14-5-1)37-27-38(32-23-25-33(26-24-32)40-21-12-22-42-41-20-11-10-19-36(41)30-43(40)42)29-39(28-37)46-48-44(34-15-6-2-7-16-34)47-45(49-46)35-17-8-3-9-18-35;1-42(2)37-21-13-12-20-35(37)36-23-22-31(27-38(36)42)33-24-32(28-14-6-3-7-15-28)25-34(26-33)41-44-39(29-16-8-4-9-17-29)43-40(45-41)30-18-10-5-11-19-30/h3-28,30H,29H2,1-2H3;1-29H,30H2;3-27H,1-2H3. The van der Waals surface area contributed by atoms with Crippen molar-refractivity contribution in [2.24, 2.45) is 0 Å². The summed E-state index contributed by atoms with van der Waals surface area (Å²) in [6.07, 6.45) is 1.88. The molecule has 23 aromatic rings. The highest BCUT2D eigenvalue weighted by molar-refractivity contribution is 5.93. The zero-order valence-corrected chi connectivity index (χ0v) is 81.2. The molecule has 4 aliphatic carbocycles. The van der Waals surface area contributed by atoms with Gasteiger partial charge in [-0.25, -0.2) is 44.9 Å². The Morgan fingerprint density at radius 2 is 0.336 bits per heavy atom. The fraction of sp³-hybridized carbons (Fsp3) is 0.0584. The van der Waals surface area contributed by atoms with Crippen LogP contribution in [-0.2, 0) is 23.7 Å². The molecule has 0 bridgehead atoms. The molecule has 3 heterocycles. The van der Waals surface area contributed by atoms with Crippen molar-refractivity contribution in [1.82, 2.24) is 44.9 Å². The van der Waals surface area contributed by atoms with Crippen molar-refractivity contribution < 1.29 is 0 Å². The summed E-state index contributed by atoms with van der Waals surface area (Å²) in [5.41, 5.74) is 46.3. The lowest BCUT2D eigenvalue weighted by Crippen LogP contribution is -2.14. The molecule has 0 atom stereocenters. The minimum absolute atomic E-state index is 0.0782. The number of nitrogens with zero attached hydrogens (tertiary/aromatic N) is 9. The second kappa shape index (κ2) is 37.8. The topological polar surface area (TPSA) is 116 Å². The first-order valence-corrected chi connectivity index (χ1v) is 50.0. The molecule has 0 N–H and O–H groups in total. The van der Waals surface area contributed by atoms with Gasteiger partial charge in [0, 0.05) is 60.9 Å². The Morgan fingerprint density at radius 1 is 0.130 bits per heavy atom. The van der Waals surface area contributed by atoms with Crippen molar-refractivity contribution in [2.75, 3.05) is 0 Å². The average molecular weight is 1870 g/mol. The van der Waals surface area contributed by atoms with E-state index in [1.165, 1.54) is 117 Å². The van der Waals surface area contributed by atoms with Crippen molar-refractivity contribution in [3.05, 3.63) is 536 Å². The normalized spacial score (nSPS) is 12.6. The summed E-state index contributed by atoms with van der Waals surface area (Å²) in [7, 11) is 0. The first-order valence-electron chi connectivity index (χ1n) is 50.0. The van der Waals surface area contributed by atoms with Crippen LogP contribution in [0.15, 0.2) is 491 Å². The van der Waals surface area contributed by atoms with Crippen LogP contribution >= 0.6 is 0 Å². The van der Waals surface area contributed by atoms with Crippen LogP contribution in [0.2, 0.25) is 0 Å². The predicted molar refractivity (Wildman–Crippen MR) is 598 cm³/mol. The van der Waals surface area contributed by atoms with Gasteiger partial charge in [0.05, 0.1) is 0 Å². The lowest BCUT2D eigenvalue weighted by Gasteiger charge is -2.22. The molecule has 0 spiro atoms. The van der Waals surface area contributed by atoms with Gasteiger partial charge in [0.25, 0.3) is 0 Å². The van der Waals surface area contributed by atoms with Crippen LogP contribution in [0, 0.1) is 0 Å². The predicted octanol–water partition coefficient (Wildman–Crippen LogP) is 34.0. The second-order valence-corrected chi connectivity index (χ2v) is 39.0. The molecule has 20 aromatic carbocycles. The van der Waals surface area contributed by atoms with Gasteiger partial charge in [-0.2, -0.15) is 0 Å². The molecule has 0 aliphatic heterocycles. The van der Waals surface area contributed by atoms with E-state index in [4.69, 9.17) is 44.9 Å². The lowest BCUT2D eigenvalue weighted by atomic mass is 9.81. The van der Waals surface area contributed by atoms with Crippen LogP contribution in [0.25, 0.3) is 225 Å². The van der Waals surface area contributed by atoms with Gasteiger partial charge in [0.15, 0.2) is 52.4 Å². The largest absolute Gasteiger partial charge is 0.208 e. The summed E-state index contributed by atoms with van der Waals surface area (Å²) in [5, 5.41) is 0. The van der Waals surface area contributed by atoms with Crippen molar-refractivity contribution in [2.45, 2.75) is 51.4 Å². The van der Waals surface area contributed by atoms with E-state index in [9.17, 15) is 0 Å². The Labute approximate surface area is 851 Å². The molecule has 0 unspecified atom stereocenters. The molecule has 0 fully saturated rings. The fourth-order valence-corrected chi connectivity index (χ4v) is 21.8. The molecule has 4 aliphatic rings. The van der Waals surface area contributed by atoms with Crippen LogP contribution in [-0.4, -0.2) is 44.9 Å². The van der Waals surface area contributed by atoms with Gasteiger partial charge in [0.2, 0.25) is 0 Å². The monoisotopic (exact) mass is 1870 g/mol. The smallest absolute Gasteiger partial charge is 0.164 e. The summed E-state index contributed by atoms with van der Waals surface area (Å²) in [6.45, 7) is 9.34. The Kier molecular flexibility index (Phi) is 23.0. The maximum absolute atomic E-state index is 5.16. The number of benzene rings is 20. The number of aromatic nitrogens is 9. The van der Waals surface area contributed by atoms with E-state index in [-0.39, 0.29) is 10.8 Å². The highest BCUT2D eigenvalue weighted by Gasteiger charge is 2.38. The molecular weight excluding hydrogens is 1770 g/mol. The van der Waals surface area contributed by atoms with Crippen LogP contribution < -0.4 is 0 Å². The quantitative estimate of drug-likeness (QED) is 0.0932. The summed E-state index contributed by atoms with van der Waals surface area (Å²) in [4.78, 5) is 45.3. The average Bonchev–Trinajstić information content (AvgIpc) is 1.57. The molecular formula is C137H97N9. The van der Waals surface area contributed by atoms with Crippen molar-refractivity contribution in [3.8, 4) is 225 Å². The summed E-state index contributed by atoms with van der Waals surface area (Å²) >= 11 is 0. The first-order chi connectivity index (χ1) is 71.8. The number of hydrogen-bond donors (Lipinski definition) is 0. The zero-order valence-electron chi connectivity index (χ0n) is 81.2. The van der Waals surface area contributed by atoms with Gasteiger partial charge in [-0.05, 0) is 246 Å². The molecule has 0 radical (unpaired) electrons. The van der Waals surface area contributed by atoms with Crippen LogP contribution in [0.5, 0.6) is 0 Å². The Morgan fingerprint density at radius 3 is 0.658 bits per heavy atom. The molecule has 0 saturated carbocycles. The maximum atomic E-state index is 5.16. The number of fused-ring (bicyclic) bond motifs is 12. The van der Waals surface area contributed by atoms with E-state index in [1.54, 1.807) is 0 Å². The highest BCUT2D eigenvalue weighted by Crippen LogP contribution is 2.54. The van der Waals surface area contributed by atoms with Crippen LogP contribution in [0.1, 0.15) is 72.2 Å². The lowest BCUT2D eigenvalue weighted by molar-refractivity contribution is 0.660. The van der Waals surface area contributed by atoms with Crippen molar-refractivity contribution in [3.63, 3.8) is 0 Å². The molecule has 0 saturated heterocycles. The van der Waals surface area contributed by atoms with E-state index in [0.29, 0.717) is 52.4 Å². The number of hydrogen-bond acceptors (Lipinski definition) is 9. The van der Waals surface area contributed by atoms with E-state index < -0.39 is 0 Å². The Hall–Kier alpha value is -18.6. The zero-order chi connectivity index (χ0) is 97.8. The molecule has 690 valence electrons. The van der Waals surface area contributed by atoms with Gasteiger partial charge in [-0.3, -0.25) is 0 Å². The molecule has 0 amide bonds. The van der Waals surface area contributed by atoms with Crippen molar-refractivity contribution in [1.29, 1.82) is 0 Å². The van der Waals surface area contributed by atoms with Gasteiger partial charge in [-0.1, -0.05) is 452 Å². The second-order valence-electron chi connectivity index (χ2n) is 39.0. The Bertz CT molecular complexity index is 8750. The fourth-order valence-electron chi connectivity index (χ4n) is 21.8. The third-order valence-electron chi connectivity index (χ3n) is 29.3. The van der Waals surface area contributed by atoms with Gasteiger partial charge < -0.3 is 0 Å². The molecule has 146 heavy (non-hydrogen) atoms. The third kappa shape index (κ3) is 17.1. The minimum atomic E-state index is -0.0994. The van der Waals surface area contributed by atoms with Crippen molar-refractivity contribution >= 4 is 0 Å². The minimum Gasteiger partial charge on any atom is -0.208 e. The summed E-state index contributed by atoms with van der Waals surface area (Å²) in [6, 6.07) is 174. The van der Waals surface area contributed by atoms with Gasteiger partial charge >= 0.3 is 0 Å². The first kappa shape index (κ1) is 88.8. The van der Waals surface area contributed by atoms with E-state index in [0.717, 1.165) is 113 Å². The molecule has 9 heteroatoms. The SMILES string of the molecule is CC1(C)c2ccccc2-c2ccc(-c3cc(-c4ccccc4)cc(-c4nc(-c5ccccc5)nc(-c5ccccc5)n4)c3)cc21.CC1(C)c2ccccc2-c2ccc(-c3cc(-c4nc(-c5ccccc5)nc(-c5ccccc5)n4)cc(-c4cccc5c4Cc4ccccc4-5)c3)cc21.c1ccc(-c2cc(-c3ccc(-c4cccc5c4Cc4ccccc4-5)cc3)cc(-c3nc(-c4ccccc4)nc(-c4ccccc4)n3)c2)cc1. The maximum Gasteiger partial charge on any atom is 0.164 e. The summed E-state index contributed by atoms with van der Waals surface area (Å²) < 4.78 is 0. The Balaban J connectivity index is 0.000000115. The van der Waals surface area contributed by atoms with E-state index in [2.05, 4.69) is 361 Å². The van der Waals surface area contributed by atoms with Crippen LogP contribution in [0.3, 0.4) is 0 Å². The van der Waals surface area contributed by atoms with Gasteiger partial charge in [-0.15, -0.1) is 0 Å².